The van der Waals surface area contributed by atoms with Crippen molar-refractivity contribution in [2.45, 2.75) is 6.92 Å². The van der Waals surface area contributed by atoms with Crippen LogP contribution in [0.3, 0.4) is 0 Å². The molecule has 0 radical (unpaired) electrons. The Morgan fingerprint density at radius 2 is 1.73 bits per heavy atom. The topological polar surface area (TPSA) is 27.7 Å². The van der Waals surface area contributed by atoms with E-state index in [-0.39, 0.29) is 0 Å². The Balaban J connectivity index is 5.22. The molecule has 0 spiro atoms. The smallest absolute Gasteiger partial charge is 0.202 e. The number of ether oxygens (including phenoxy) is 3. The predicted molar refractivity (Wildman–Crippen MR) is 61.1 cm³/mol. The third-order valence-corrected chi connectivity index (χ3v) is 1.74. The van der Waals surface area contributed by atoms with E-state index in [4.69, 9.17) is 14.2 Å². The molecule has 3 heteroatoms. The van der Waals surface area contributed by atoms with Gasteiger partial charge in [-0.3, -0.25) is 0 Å². The maximum Gasteiger partial charge on any atom is 0.202 e. The van der Waals surface area contributed by atoms with Gasteiger partial charge in [0.2, 0.25) is 5.76 Å². The van der Waals surface area contributed by atoms with Crippen molar-refractivity contribution in [3.8, 4) is 0 Å². The molecule has 0 aromatic heterocycles. The Hall–Kier alpha value is -1.64. The summed E-state index contributed by atoms with van der Waals surface area (Å²) in [4.78, 5) is 0. The minimum absolute atomic E-state index is 0.556. The van der Waals surface area contributed by atoms with Crippen LogP contribution in [0.25, 0.3) is 0 Å². The van der Waals surface area contributed by atoms with Gasteiger partial charge in [0.05, 0.1) is 21.3 Å². The summed E-state index contributed by atoms with van der Waals surface area (Å²) in [6.07, 6.45) is 6.99. The van der Waals surface area contributed by atoms with Gasteiger partial charge in [0.1, 0.15) is 0 Å². The number of rotatable bonds is 6. The van der Waals surface area contributed by atoms with E-state index in [2.05, 4.69) is 6.58 Å². The third-order valence-electron chi connectivity index (χ3n) is 1.74. The molecule has 0 unspecified atom stereocenters. The molecule has 0 heterocycles. The molecule has 0 N–H and O–H groups in total. The molecule has 0 aliphatic carbocycles. The van der Waals surface area contributed by atoms with Crippen LogP contribution >= 0.6 is 0 Å². The molecule has 3 nitrogen and oxygen atoms in total. The van der Waals surface area contributed by atoms with Crippen molar-refractivity contribution >= 4 is 0 Å². The van der Waals surface area contributed by atoms with Gasteiger partial charge in [-0.2, -0.15) is 0 Å². The van der Waals surface area contributed by atoms with Gasteiger partial charge >= 0.3 is 0 Å². The van der Waals surface area contributed by atoms with Crippen molar-refractivity contribution in [3.63, 3.8) is 0 Å². The molecule has 0 saturated carbocycles. The molecule has 15 heavy (non-hydrogen) atoms. The summed E-state index contributed by atoms with van der Waals surface area (Å²) in [6, 6.07) is 0. The first-order chi connectivity index (χ1) is 7.24. The molecule has 0 fully saturated rings. The lowest BCUT2D eigenvalue weighted by atomic mass is 10.3. The van der Waals surface area contributed by atoms with Crippen molar-refractivity contribution in [1.29, 1.82) is 0 Å². The monoisotopic (exact) mass is 210 g/mol. The van der Waals surface area contributed by atoms with E-state index in [1.807, 2.05) is 6.92 Å². The van der Waals surface area contributed by atoms with Crippen LogP contribution in [0.1, 0.15) is 6.92 Å². The molecule has 0 amide bonds. The molecule has 0 aromatic rings. The summed E-state index contributed by atoms with van der Waals surface area (Å²) >= 11 is 0. The maximum atomic E-state index is 5.22. The van der Waals surface area contributed by atoms with E-state index in [9.17, 15) is 0 Å². The Bertz CT molecular complexity index is 285. The fraction of sp³-hybridized carbons (Fsp3) is 0.333. The molecular formula is C12H18O3. The molecule has 0 saturated heterocycles. The van der Waals surface area contributed by atoms with Gasteiger partial charge in [0, 0.05) is 0 Å². The van der Waals surface area contributed by atoms with Crippen molar-refractivity contribution in [3.05, 3.63) is 48.2 Å². The number of allylic oxidation sites excluding steroid dienone is 4. The average Bonchev–Trinajstić information content (AvgIpc) is 2.28. The van der Waals surface area contributed by atoms with E-state index >= 15 is 0 Å². The first-order valence-electron chi connectivity index (χ1n) is 4.57. The van der Waals surface area contributed by atoms with E-state index in [1.54, 1.807) is 45.6 Å². The predicted octanol–water partition coefficient (Wildman–Crippen LogP) is 2.78. The van der Waals surface area contributed by atoms with Crippen LogP contribution in [0, 0.1) is 0 Å². The van der Waals surface area contributed by atoms with Crippen LogP contribution in [-0.4, -0.2) is 21.3 Å². The molecule has 84 valence electrons. The average molecular weight is 210 g/mol. The molecule has 0 aliphatic heterocycles. The highest BCUT2D eigenvalue weighted by molar-refractivity contribution is 5.30. The van der Waals surface area contributed by atoms with Crippen LogP contribution in [-0.2, 0) is 14.2 Å². The van der Waals surface area contributed by atoms with Crippen LogP contribution < -0.4 is 0 Å². The summed E-state index contributed by atoms with van der Waals surface area (Å²) in [5, 5.41) is 0. The molecule has 0 rings (SSSR count). The van der Waals surface area contributed by atoms with Gasteiger partial charge in [-0.05, 0) is 19.1 Å². The van der Waals surface area contributed by atoms with Crippen LogP contribution in [0.15, 0.2) is 48.2 Å². The lowest BCUT2D eigenvalue weighted by molar-refractivity contribution is 0.191. The van der Waals surface area contributed by atoms with Crippen LogP contribution in [0.5, 0.6) is 0 Å². The standard InChI is InChI=1S/C12H18O3/c1-6-8-9-11(14-4)12(15-5)10(7-2)13-3/h6-9H,1H2,2-5H3/b9-8+,10-7+,12-11-. The van der Waals surface area contributed by atoms with E-state index in [0.29, 0.717) is 17.3 Å². The largest absolute Gasteiger partial charge is 0.493 e. The summed E-state index contributed by atoms with van der Waals surface area (Å²) in [7, 11) is 4.72. The van der Waals surface area contributed by atoms with Crippen LogP contribution in [0.4, 0.5) is 0 Å². The zero-order chi connectivity index (χ0) is 11.7. The molecular weight excluding hydrogens is 192 g/mol. The maximum absolute atomic E-state index is 5.22. The van der Waals surface area contributed by atoms with Gasteiger partial charge in [0.25, 0.3) is 0 Å². The zero-order valence-electron chi connectivity index (χ0n) is 9.74. The number of hydrogen-bond acceptors (Lipinski definition) is 3. The fourth-order valence-corrected chi connectivity index (χ4v) is 1.06. The SMILES string of the molecule is C=C/C=C/C(OC)=C(OC)\C(=C/C)OC. The molecule has 0 aliphatic rings. The second-order valence-corrected chi connectivity index (χ2v) is 2.55. The van der Waals surface area contributed by atoms with Gasteiger partial charge in [-0.15, -0.1) is 0 Å². The minimum Gasteiger partial charge on any atom is -0.493 e. The lowest BCUT2D eigenvalue weighted by Gasteiger charge is -2.12. The quantitative estimate of drug-likeness (QED) is 0.498. The Kier molecular flexibility index (Phi) is 6.89. The van der Waals surface area contributed by atoms with E-state index in [0.717, 1.165) is 0 Å². The Morgan fingerprint density at radius 1 is 1.07 bits per heavy atom. The number of methoxy groups -OCH3 is 3. The number of hydrogen-bond donors (Lipinski definition) is 0. The summed E-state index contributed by atoms with van der Waals surface area (Å²) in [5.74, 6) is 1.77. The second kappa shape index (κ2) is 7.74. The van der Waals surface area contributed by atoms with Gasteiger partial charge in [-0.1, -0.05) is 18.7 Å². The highest BCUT2D eigenvalue weighted by atomic mass is 16.5. The first kappa shape index (κ1) is 13.4. The van der Waals surface area contributed by atoms with E-state index < -0.39 is 0 Å². The van der Waals surface area contributed by atoms with Crippen molar-refractivity contribution in [2.24, 2.45) is 0 Å². The normalized spacial score (nSPS) is 13.5. The third kappa shape index (κ3) is 3.94. The first-order valence-corrected chi connectivity index (χ1v) is 4.57. The summed E-state index contributed by atoms with van der Waals surface area (Å²) in [6.45, 7) is 5.45. The molecule has 0 aromatic carbocycles. The van der Waals surface area contributed by atoms with Crippen molar-refractivity contribution in [1.82, 2.24) is 0 Å². The van der Waals surface area contributed by atoms with Gasteiger partial charge in [-0.25, -0.2) is 0 Å². The van der Waals surface area contributed by atoms with Crippen molar-refractivity contribution in [2.75, 3.05) is 21.3 Å². The minimum atomic E-state index is 0.556. The van der Waals surface area contributed by atoms with Gasteiger partial charge in [0.15, 0.2) is 11.5 Å². The summed E-state index contributed by atoms with van der Waals surface area (Å²) in [5.41, 5.74) is 0. The van der Waals surface area contributed by atoms with Crippen LogP contribution in [0.2, 0.25) is 0 Å². The second-order valence-electron chi connectivity index (χ2n) is 2.55. The summed E-state index contributed by atoms with van der Waals surface area (Å²) < 4.78 is 15.6. The van der Waals surface area contributed by atoms with Gasteiger partial charge < -0.3 is 14.2 Å². The van der Waals surface area contributed by atoms with E-state index in [1.165, 1.54) is 0 Å². The molecule has 0 atom stereocenters. The highest BCUT2D eigenvalue weighted by Crippen LogP contribution is 2.18. The lowest BCUT2D eigenvalue weighted by Crippen LogP contribution is -2.00. The molecule has 0 bridgehead atoms. The Morgan fingerprint density at radius 3 is 2.07 bits per heavy atom. The Labute approximate surface area is 91.3 Å². The fourth-order valence-electron chi connectivity index (χ4n) is 1.06. The zero-order valence-corrected chi connectivity index (χ0v) is 9.74. The highest BCUT2D eigenvalue weighted by Gasteiger charge is 2.10. The van der Waals surface area contributed by atoms with Crippen molar-refractivity contribution < 1.29 is 14.2 Å².